The third kappa shape index (κ3) is 3.59. The number of ether oxygens (including phenoxy) is 1. The van der Waals surface area contributed by atoms with E-state index in [1.165, 1.54) is 24.1 Å². The lowest BCUT2D eigenvalue weighted by atomic mass is 9.33. The maximum absolute atomic E-state index is 14.3. The minimum absolute atomic E-state index is 0.0579. The van der Waals surface area contributed by atoms with E-state index in [9.17, 15) is 4.79 Å². The number of aromatic nitrogens is 2. The molecule has 1 aromatic heterocycles. The summed E-state index contributed by atoms with van der Waals surface area (Å²) in [5, 5.41) is 7.93. The molecule has 0 bridgehead atoms. The quantitative estimate of drug-likeness (QED) is 0.297. The van der Waals surface area contributed by atoms with Gasteiger partial charge in [-0.3, -0.25) is 9.89 Å². The summed E-state index contributed by atoms with van der Waals surface area (Å²) in [6, 6.07) is 10.2. The monoisotopic (exact) mass is 568 g/mol. The summed E-state index contributed by atoms with van der Waals surface area (Å²) in [6.07, 6.45) is 13.7. The van der Waals surface area contributed by atoms with Crippen molar-refractivity contribution in [3.63, 3.8) is 0 Å². The van der Waals surface area contributed by atoms with Crippen LogP contribution in [0.5, 0.6) is 0 Å². The van der Waals surface area contributed by atoms with Crippen LogP contribution in [0.2, 0.25) is 0 Å². The minimum atomic E-state index is -0.394. The van der Waals surface area contributed by atoms with Gasteiger partial charge in [-0.1, -0.05) is 90.4 Å². The van der Waals surface area contributed by atoms with Gasteiger partial charge in [-0.25, -0.2) is 0 Å². The van der Waals surface area contributed by atoms with Gasteiger partial charge in [0.05, 0.1) is 11.6 Å². The fraction of sp³-hybridized carbons (Fsp3) is 0.684. The second kappa shape index (κ2) is 9.32. The Bertz CT molecular complexity index is 1410. The number of H-pyrrole nitrogens is 1. The summed E-state index contributed by atoms with van der Waals surface area (Å²) in [4.78, 5) is 14.3. The number of rotatable bonds is 3. The van der Waals surface area contributed by atoms with Crippen molar-refractivity contribution < 1.29 is 9.53 Å². The van der Waals surface area contributed by atoms with E-state index in [0.717, 1.165) is 44.1 Å². The lowest BCUT2D eigenvalue weighted by molar-refractivity contribution is -0.184. The normalized spacial score (nSPS) is 43.5. The molecular formula is C38H52N2O2. The van der Waals surface area contributed by atoms with E-state index < -0.39 is 5.41 Å². The molecule has 0 amide bonds. The summed E-state index contributed by atoms with van der Waals surface area (Å²) in [5.74, 6) is 2.68. The number of allylic oxidation sites excluding steroid dienone is 2. The Kier molecular flexibility index (Phi) is 6.31. The third-order valence-electron chi connectivity index (χ3n) is 14.7. The fourth-order valence-corrected chi connectivity index (χ4v) is 12.1. The maximum atomic E-state index is 14.3. The van der Waals surface area contributed by atoms with Crippen molar-refractivity contribution in [2.45, 2.75) is 112 Å². The van der Waals surface area contributed by atoms with Crippen LogP contribution in [0.25, 0.3) is 0 Å². The molecule has 4 nitrogen and oxygen atoms in total. The molecule has 1 N–H and O–H groups in total. The van der Waals surface area contributed by atoms with Crippen molar-refractivity contribution in [2.75, 3.05) is 0 Å². The third-order valence-corrected chi connectivity index (χ3v) is 14.7. The minimum Gasteiger partial charge on any atom is -0.460 e. The molecular weight excluding hydrogens is 516 g/mol. The Morgan fingerprint density at radius 3 is 2.50 bits per heavy atom. The van der Waals surface area contributed by atoms with Gasteiger partial charge in [0.2, 0.25) is 0 Å². The second-order valence-corrected chi connectivity index (χ2v) is 16.5. The van der Waals surface area contributed by atoms with E-state index in [4.69, 9.17) is 4.74 Å². The number of hydrogen-bond donors (Lipinski definition) is 1. The van der Waals surface area contributed by atoms with Crippen molar-refractivity contribution in [3.8, 4) is 0 Å². The lowest BCUT2D eigenvalue weighted by Gasteiger charge is -2.70. The van der Waals surface area contributed by atoms with Gasteiger partial charge < -0.3 is 4.74 Å². The topological polar surface area (TPSA) is 55.0 Å². The molecule has 0 spiro atoms. The molecule has 1 aromatic carbocycles. The number of nitrogens with zero attached hydrogens (tertiary/aromatic N) is 1. The predicted molar refractivity (Wildman–Crippen MR) is 168 cm³/mol. The number of nitrogens with one attached hydrogen (secondary N) is 1. The Balaban J connectivity index is 1.27. The first-order valence-corrected chi connectivity index (χ1v) is 16.8. The summed E-state index contributed by atoms with van der Waals surface area (Å²) < 4.78 is 6.22. The van der Waals surface area contributed by atoms with Gasteiger partial charge in [-0.05, 0) is 108 Å². The molecule has 5 aliphatic rings. The van der Waals surface area contributed by atoms with Gasteiger partial charge in [0.25, 0.3) is 0 Å². The first kappa shape index (κ1) is 28.4. The van der Waals surface area contributed by atoms with Gasteiger partial charge in [0.15, 0.2) is 0 Å². The summed E-state index contributed by atoms with van der Waals surface area (Å²) in [6.45, 7) is 18.0. The van der Waals surface area contributed by atoms with Crippen molar-refractivity contribution in [1.29, 1.82) is 0 Å². The first-order valence-electron chi connectivity index (χ1n) is 16.8. The zero-order valence-corrected chi connectivity index (χ0v) is 27.1. The van der Waals surface area contributed by atoms with E-state index in [1.807, 2.05) is 18.2 Å². The second-order valence-electron chi connectivity index (χ2n) is 16.5. The number of carbonyl (C=O) groups excluding carboxylic acids is 1. The van der Waals surface area contributed by atoms with Crippen LogP contribution in [0.1, 0.15) is 110 Å². The highest BCUT2D eigenvalue weighted by Gasteiger charge is 2.69. The average Bonchev–Trinajstić information content (AvgIpc) is 3.43. The molecule has 2 aromatic rings. The molecule has 226 valence electrons. The van der Waals surface area contributed by atoms with Crippen LogP contribution in [0.15, 0.2) is 48.2 Å². The number of aromatic amines is 1. The van der Waals surface area contributed by atoms with E-state index in [1.54, 1.807) is 5.57 Å². The van der Waals surface area contributed by atoms with Gasteiger partial charge in [0.1, 0.15) is 6.61 Å². The van der Waals surface area contributed by atoms with E-state index >= 15 is 0 Å². The van der Waals surface area contributed by atoms with Gasteiger partial charge in [-0.2, -0.15) is 5.10 Å². The fourth-order valence-electron chi connectivity index (χ4n) is 12.1. The Morgan fingerprint density at radius 1 is 0.976 bits per heavy atom. The SMILES string of the molecule is C[C@H]1[C@H](C)CC[C@]2(C(=O)OCc3ccccc3)CC[C@]3(C)C(=CC[C@@H]4[C@@]5(C)Cc6cn[nH]c6C(C)(C)[C@@H]5CC[C@]43C)[C@H]12. The molecule has 0 saturated heterocycles. The largest absolute Gasteiger partial charge is 0.460 e. The van der Waals surface area contributed by atoms with Gasteiger partial charge in [0, 0.05) is 11.1 Å². The molecule has 4 heteroatoms. The summed E-state index contributed by atoms with van der Waals surface area (Å²) >= 11 is 0. The zero-order valence-electron chi connectivity index (χ0n) is 27.1. The van der Waals surface area contributed by atoms with Crippen molar-refractivity contribution in [1.82, 2.24) is 10.2 Å². The molecule has 1 heterocycles. The van der Waals surface area contributed by atoms with Crippen molar-refractivity contribution >= 4 is 5.97 Å². The molecule has 0 radical (unpaired) electrons. The molecule has 42 heavy (non-hydrogen) atoms. The molecule has 0 unspecified atom stereocenters. The molecule has 5 aliphatic carbocycles. The lowest BCUT2D eigenvalue weighted by Crippen LogP contribution is -2.65. The van der Waals surface area contributed by atoms with Crippen LogP contribution in [-0.2, 0) is 28.0 Å². The summed E-state index contributed by atoms with van der Waals surface area (Å²) in [7, 11) is 0. The smallest absolute Gasteiger partial charge is 0.313 e. The van der Waals surface area contributed by atoms with Crippen LogP contribution in [0.3, 0.4) is 0 Å². The van der Waals surface area contributed by atoms with E-state index in [0.29, 0.717) is 30.3 Å². The molecule has 3 fully saturated rings. The van der Waals surface area contributed by atoms with Crippen molar-refractivity contribution in [3.05, 3.63) is 65.0 Å². The molecule has 3 saturated carbocycles. The Morgan fingerprint density at radius 2 is 1.74 bits per heavy atom. The van der Waals surface area contributed by atoms with Gasteiger partial charge >= 0.3 is 5.97 Å². The van der Waals surface area contributed by atoms with Crippen LogP contribution >= 0.6 is 0 Å². The van der Waals surface area contributed by atoms with Crippen molar-refractivity contribution in [2.24, 2.45) is 51.2 Å². The number of carbonyl (C=O) groups is 1. The van der Waals surface area contributed by atoms with Crippen LogP contribution in [0.4, 0.5) is 0 Å². The highest BCUT2D eigenvalue weighted by molar-refractivity contribution is 5.79. The zero-order chi connectivity index (χ0) is 29.7. The molecule has 9 atom stereocenters. The average molecular weight is 569 g/mol. The van der Waals surface area contributed by atoms with Crippen LogP contribution in [0, 0.1) is 51.2 Å². The molecule has 0 aliphatic heterocycles. The predicted octanol–water partition coefficient (Wildman–Crippen LogP) is 8.82. The first-order chi connectivity index (χ1) is 19.9. The summed E-state index contributed by atoms with van der Waals surface area (Å²) in [5.41, 5.74) is 5.73. The number of benzene rings is 1. The Labute approximate surface area is 253 Å². The van der Waals surface area contributed by atoms with Crippen LogP contribution < -0.4 is 0 Å². The standard InChI is InChI=1S/C38H52N2O2/c1-24-15-18-38(33(41)42-23-26-11-9-8-10-12-26)20-19-36(6)28(31(38)25(24)2)13-14-30-35(5)21-27-22-39-40-32(27)34(3,4)29(35)16-17-37(30,36)7/h8-13,22,24-25,29-31H,14-21,23H2,1-7H3,(H,39,40)/t24-,25+,29+,30-,31+,35+,36-,37-,38+/m1/s1. The van der Waals surface area contributed by atoms with E-state index in [-0.39, 0.29) is 33.5 Å². The van der Waals surface area contributed by atoms with E-state index in [2.05, 4.69) is 83.1 Å². The van der Waals surface area contributed by atoms with Crippen LogP contribution in [-0.4, -0.2) is 16.2 Å². The highest BCUT2D eigenvalue weighted by Crippen LogP contribution is 2.75. The number of fused-ring (bicyclic) bond motifs is 8. The maximum Gasteiger partial charge on any atom is 0.313 e. The van der Waals surface area contributed by atoms with Gasteiger partial charge in [-0.15, -0.1) is 0 Å². The number of esters is 1. The highest BCUT2D eigenvalue weighted by atomic mass is 16.5. The number of hydrogen-bond acceptors (Lipinski definition) is 3. The molecule has 7 rings (SSSR count). The Hall–Kier alpha value is -2.36.